The highest BCUT2D eigenvalue weighted by Crippen LogP contribution is 2.18. The number of nitrogens with one attached hydrogen (secondary N) is 2. The van der Waals surface area contributed by atoms with Crippen LogP contribution in [0.1, 0.15) is 40.0 Å². The van der Waals surface area contributed by atoms with Gasteiger partial charge in [-0.1, -0.05) is 20.8 Å². The third-order valence-corrected chi connectivity index (χ3v) is 5.09. The Balaban J connectivity index is 2.43. The number of hydrogen-bond donors (Lipinski definition) is 2. The molecule has 19 heavy (non-hydrogen) atoms. The normalized spacial score (nSPS) is 22.0. The van der Waals surface area contributed by atoms with Gasteiger partial charge in [-0.25, -0.2) is 4.72 Å². The molecule has 1 heterocycles. The highest BCUT2D eigenvalue weighted by Gasteiger charge is 2.28. The Labute approximate surface area is 118 Å². The van der Waals surface area contributed by atoms with Crippen molar-refractivity contribution in [1.29, 1.82) is 0 Å². The molecule has 0 spiro atoms. The van der Waals surface area contributed by atoms with Crippen molar-refractivity contribution in [2.24, 2.45) is 11.8 Å². The molecule has 1 aliphatic rings. The van der Waals surface area contributed by atoms with Gasteiger partial charge < -0.3 is 5.32 Å². The maximum absolute atomic E-state index is 12.2. The molecule has 1 saturated heterocycles. The van der Waals surface area contributed by atoms with Crippen LogP contribution in [0.25, 0.3) is 0 Å². The lowest BCUT2D eigenvalue weighted by molar-refractivity contribution is 0.258. The number of nitrogens with zero attached hydrogens (tertiary/aromatic N) is 1. The van der Waals surface area contributed by atoms with E-state index in [1.165, 1.54) is 0 Å². The highest BCUT2D eigenvalue weighted by atomic mass is 32.2. The molecule has 0 aliphatic carbocycles. The Bertz CT molecular complexity index is 344. The second-order valence-corrected chi connectivity index (χ2v) is 7.51. The number of piperidine rings is 1. The monoisotopic (exact) mass is 291 g/mol. The number of hydrogen-bond acceptors (Lipinski definition) is 3. The molecular formula is C13H29N3O2S. The zero-order valence-electron chi connectivity index (χ0n) is 12.5. The third-order valence-electron chi connectivity index (χ3n) is 3.51. The average Bonchev–Trinajstić information content (AvgIpc) is 2.36. The zero-order valence-corrected chi connectivity index (χ0v) is 13.3. The second kappa shape index (κ2) is 8.19. The van der Waals surface area contributed by atoms with Crippen molar-refractivity contribution in [3.05, 3.63) is 0 Å². The van der Waals surface area contributed by atoms with E-state index in [1.54, 1.807) is 4.31 Å². The van der Waals surface area contributed by atoms with Crippen LogP contribution in [0.5, 0.6) is 0 Å². The molecule has 1 unspecified atom stereocenters. The molecule has 1 rings (SSSR count). The Morgan fingerprint density at radius 1 is 1.37 bits per heavy atom. The van der Waals surface area contributed by atoms with Crippen LogP contribution in [0.2, 0.25) is 0 Å². The minimum absolute atomic E-state index is 0.440. The van der Waals surface area contributed by atoms with Crippen molar-refractivity contribution in [3.8, 4) is 0 Å². The number of rotatable bonds is 8. The van der Waals surface area contributed by atoms with E-state index in [9.17, 15) is 8.42 Å². The van der Waals surface area contributed by atoms with E-state index in [2.05, 4.69) is 30.8 Å². The van der Waals surface area contributed by atoms with Gasteiger partial charge in [-0.05, 0) is 44.2 Å². The fourth-order valence-electron chi connectivity index (χ4n) is 2.33. The molecule has 0 aromatic heterocycles. The van der Waals surface area contributed by atoms with Gasteiger partial charge >= 0.3 is 0 Å². The van der Waals surface area contributed by atoms with Crippen molar-refractivity contribution in [3.63, 3.8) is 0 Å². The lowest BCUT2D eigenvalue weighted by Crippen LogP contribution is -2.47. The zero-order chi connectivity index (χ0) is 14.3. The quantitative estimate of drug-likeness (QED) is 0.706. The predicted octanol–water partition coefficient (Wildman–Crippen LogP) is 1.19. The lowest BCUT2D eigenvalue weighted by Gasteiger charge is -2.32. The standard InChI is InChI=1S/C13H29N3O2S/c1-4-14-10-13-6-5-9-16(11-13)19(17,18)15-8-7-12(2)3/h12-15H,4-11H2,1-3H3. The molecule has 6 heteroatoms. The molecule has 0 aromatic rings. The molecule has 2 N–H and O–H groups in total. The first-order valence-corrected chi connectivity index (χ1v) is 8.85. The minimum atomic E-state index is -3.28. The van der Waals surface area contributed by atoms with E-state index in [1.807, 2.05) is 0 Å². The summed E-state index contributed by atoms with van der Waals surface area (Å²) in [5.41, 5.74) is 0. The van der Waals surface area contributed by atoms with Crippen LogP contribution in [-0.4, -0.2) is 45.4 Å². The molecule has 1 aliphatic heterocycles. The first kappa shape index (κ1) is 16.9. The fraction of sp³-hybridized carbons (Fsp3) is 1.00. The van der Waals surface area contributed by atoms with Crippen LogP contribution >= 0.6 is 0 Å². The molecular weight excluding hydrogens is 262 g/mol. The molecule has 0 bridgehead atoms. The van der Waals surface area contributed by atoms with Gasteiger partial charge in [-0.2, -0.15) is 12.7 Å². The maximum Gasteiger partial charge on any atom is 0.279 e. The summed E-state index contributed by atoms with van der Waals surface area (Å²) in [7, 11) is -3.28. The van der Waals surface area contributed by atoms with Crippen molar-refractivity contribution >= 4 is 10.2 Å². The van der Waals surface area contributed by atoms with E-state index in [0.717, 1.165) is 32.4 Å². The Morgan fingerprint density at radius 3 is 2.74 bits per heavy atom. The van der Waals surface area contributed by atoms with Crippen LogP contribution < -0.4 is 10.0 Å². The van der Waals surface area contributed by atoms with Crippen molar-refractivity contribution in [2.75, 3.05) is 32.7 Å². The first-order chi connectivity index (χ1) is 8.95. The molecule has 114 valence electrons. The van der Waals surface area contributed by atoms with Gasteiger partial charge in [0.25, 0.3) is 10.2 Å². The van der Waals surface area contributed by atoms with Crippen molar-refractivity contribution in [1.82, 2.24) is 14.3 Å². The van der Waals surface area contributed by atoms with Crippen molar-refractivity contribution < 1.29 is 8.42 Å². The summed E-state index contributed by atoms with van der Waals surface area (Å²) in [5.74, 6) is 0.959. The highest BCUT2D eigenvalue weighted by molar-refractivity contribution is 7.87. The van der Waals surface area contributed by atoms with E-state index in [0.29, 0.717) is 31.5 Å². The summed E-state index contributed by atoms with van der Waals surface area (Å²) in [6.07, 6.45) is 2.96. The predicted molar refractivity (Wildman–Crippen MR) is 79.2 cm³/mol. The summed E-state index contributed by atoms with van der Waals surface area (Å²) in [4.78, 5) is 0. The Kier molecular flexibility index (Phi) is 7.28. The van der Waals surface area contributed by atoms with Gasteiger partial charge in [0, 0.05) is 19.6 Å². The van der Waals surface area contributed by atoms with Gasteiger partial charge in [-0.15, -0.1) is 0 Å². The average molecular weight is 291 g/mol. The first-order valence-electron chi connectivity index (χ1n) is 7.41. The smallest absolute Gasteiger partial charge is 0.279 e. The Morgan fingerprint density at radius 2 is 2.11 bits per heavy atom. The van der Waals surface area contributed by atoms with Crippen LogP contribution in [0.3, 0.4) is 0 Å². The molecule has 0 radical (unpaired) electrons. The van der Waals surface area contributed by atoms with Gasteiger partial charge in [0.15, 0.2) is 0 Å². The largest absolute Gasteiger partial charge is 0.317 e. The van der Waals surface area contributed by atoms with Gasteiger partial charge in [0.05, 0.1) is 0 Å². The summed E-state index contributed by atoms with van der Waals surface area (Å²) >= 11 is 0. The SMILES string of the molecule is CCNCC1CCCN(S(=O)(=O)NCCC(C)C)C1. The van der Waals surface area contributed by atoms with Crippen LogP contribution in [0.15, 0.2) is 0 Å². The topological polar surface area (TPSA) is 61.4 Å². The summed E-state index contributed by atoms with van der Waals surface area (Å²) in [6, 6.07) is 0. The molecule has 1 atom stereocenters. The fourth-order valence-corrected chi connectivity index (χ4v) is 3.66. The van der Waals surface area contributed by atoms with Gasteiger partial charge in [-0.3, -0.25) is 0 Å². The summed E-state index contributed by atoms with van der Waals surface area (Å²) < 4.78 is 28.7. The molecule has 1 fully saturated rings. The van der Waals surface area contributed by atoms with E-state index >= 15 is 0 Å². The lowest BCUT2D eigenvalue weighted by atomic mass is 10.00. The van der Waals surface area contributed by atoms with Gasteiger partial charge in [0.1, 0.15) is 0 Å². The summed E-state index contributed by atoms with van der Waals surface area (Å²) in [6.45, 7) is 9.95. The molecule has 0 saturated carbocycles. The Hall–Kier alpha value is -0.170. The maximum atomic E-state index is 12.2. The van der Waals surface area contributed by atoms with Crippen LogP contribution in [0, 0.1) is 11.8 Å². The second-order valence-electron chi connectivity index (χ2n) is 5.76. The third kappa shape index (κ3) is 6.21. The van der Waals surface area contributed by atoms with Crippen LogP contribution in [0.4, 0.5) is 0 Å². The minimum Gasteiger partial charge on any atom is -0.317 e. The van der Waals surface area contributed by atoms with Crippen molar-refractivity contribution in [2.45, 2.75) is 40.0 Å². The van der Waals surface area contributed by atoms with E-state index in [-0.39, 0.29) is 0 Å². The van der Waals surface area contributed by atoms with E-state index < -0.39 is 10.2 Å². The summed E-state index contributed by atoms with van der Waals surface area (Å²) in [5, 5.41) is 3.31. The van der Waals surface area contributed by atoms with Gasteiger partial charge in [0.2, 0.25) is 0 Å². The molecule has 0 aromatic carbocycles. The van der Waals surface area contributed by atoms with E-state index in [4.69, 9.17) is 0 Å². The van der Waals surface area contributed by atoms with Crippen LogP contribution in [-0.2, 0) is 10.2 Å². The molecule has 5 nitrogen and oxygen atoms in total. The molecule has 0 amide bonds.